The smallest absolute Gasteiger partial charge is 0.118 e. The van der Waals surface area contributed by atoms with Crippen molar-refractivity contribution in [3.8, 4) is 5.75 Å². The maximum atomic E-state index is 5.23. The first-order valence-corrected chi connectivity index (χ1v) is 7.69. The van der Waals surface area contributed by atoms with Crippen LogP contribution in [-0.4, -0.2) is 38.2 Å². The lowest BCUT2D eigenvalue weighted by atomic mass is 10.0. The fraction of sp³-hybridized carbons (Fsp3) is 0.647. The molecule has 1 N–H and O–H groups in total. The monoisotopic (exact) mass is 278 g/mol. The number of ether oxygens (including phenoxy) is 1. The minimum absolute atomic E-state index is 0.371. The number of hydrogen-bond donors (Lipinski definition) is 1. The van der Waals surface area contributed by atoms with Crippen molar-refractivity contribution in [3.05, 3.63) is 29.8 Å². The highest BCUT2D eigenvalue weighted by molar-refractivity contribution is 5.29. The molecule has 0 aliphatic heterocycles. The Morgan fingerprint density at radius 3 is 2.35 bits per heavy atom. The van der Waals surface area contributed by atoms with Gasteiger partial charge in [-0.1, -0.05) is 32.4 Å². The lowest BCUT2D eigenvalue weighted by molar-refractivity contribution is 0.219. The van der Waals surface area contributed by atoms with Crippen molar-refractivity contribution in [1.82, 2.24) is 10.2 Å². The van der Waals surface area contributed by atoms with Gasteiger partial charge in [-0.2, -0.15) is 0 Å². The van der Waals surface area contributed by atoms with Crippen LogP contribution in [0.5, 0.6) is 5.75 Å². The molecule has 1 aromatic rings. The fourth-order valence-electron chi connectivity index (χ4n) is 2.48. The van der Waals surface area contributed by atoms with Gasteiger partial charge in [0.2, 0.25) is 0 Å². The average Bonchev–Trinajstić information content (AvgIpc) is 2.47. The standard InChI is InChI=1S/C17H30N2O/c1-6-8-14(3)19(4)13-17(18-7-2)15-9-11-16(20-5)12-10-15/h9-12,14,17-18H,6-8,13H2,1-5H3. The third kappa shape index (κ3) is 5.14. The van der Waals surface area contributed by atoms with E-state index < -0.39 is 0 Å². The molecule has 20 heavy (non-hydrogen) atoms. The van der Waals surface area contributed by atoms with E-state index in [1.54, 1.807) is 7.11 Å². The molecule has 3 heteroatoms. The zero-order valence-electron chi connectivity index (χ0n) is 13.6. The molecule has 3 nitrogen and oxygen atoms in total. The molecule has 0 radical (unpaired) electrons. The second-order valence-corrected chi connectivity index (χ2v) is 5.46. The number of nitrogens with zero attached hydrogens (tertiary/aromatic N) is 1. The van der Waals surface area contributed by atoms with E-state index in [1.807, 2.05) is 12.1 Å². The molecule has 0 aromatic heterocycles. The lowest BCUT2D eigenvalue weighted by Crippen LogP contribution is -2.37. The molecule has 2 atom stereocenters. The van der Waals surface area contributed by atoms with Gasteiger partial charge >= 0.3 is 0 Å². The summed E-state index contributed by atoms with van der Waals surface area (Å²) in [4.78, 5) is 2.45. The lowest BCUT2D eigenvalue weighted by Gasteiger charge is -2.29. The molecule has 114 valence electrons. The Morgan fingerprint density at radius 1 is 1.20 bits per heavy atom. The van der Waals surface area contributed by atoms with Crippen LogP contribution >= 0.6 is 0 Å². The summed E-state index contributed by atoms with van der Waals surface area (Å²) in [6.07, 6.45) is 2.48. The summed E-state index contributed by atoms with van der Waals surface area (Å²) >= 11 is 0. The number of nitrogens with one attached hydrogen (secondary N) is 1. The summed E-state index contributed by atoms with van der Waals surface area (Å²) in [5.41, 5.74) is 1.32. The molecule has 1 aromatic carbocycles. The van der Waals surface area contributed by atoms with Crippen LogP contribution in [-0.2, 0) is 0 Å². The van der Waals surface area contributed by atoms with Crippen LogP contribution in [0.4, 0.5) is 0 Å². The molecule has 1 rings (SSSR count). The molecule has 0 fully saturated rings. The largest absolute Gasteiger partial charge is 0.497 e. The SMILES string of the molecule is CCCC(C)N(C)CC(NCC)c1ccc(OC)cc1. The van der Waals surface area contributed by atoms with Crippen LogP contribution in [0, 0.1) is 0 Å². The van der Waals surface area contributed by atoms with Gasteiger partial charge < -0.3 is 15.0 Å². The quantitative estimate of drug-likeness (QED) is 0.748. The fourth-order valence-corrected chi connectivity index (χ4v) is 2.48. The van der Waals surface area contributed by atoms with E-state index in [2.05, 4.69) is 50.2 Å². The number of likely N-dealkylation sites (N-methyl/N-ethyl adjacent to an activating group) is 2. The molecule has 0 amide bonds. The van der Waals surface area contributed by atoms with Gasteiger partial charge in [0.15, 0.2) is 0 Å². The molecule has 0 saturated heterocycles. The minimum Gasteiger partial charge on any atom is -0.497 e. The van der Waals surface area contributed by atoms with Crippen molar-refractivity contribution in [1.29, 1.82) is 0 Å². The van der Waals surface area contributed by atoms with E-state index in [0.717, 1.165) is 18.8 Å². The van der Waals surface area contributed by atoms with Gasteiger partial charge in [0.25, 0.3) is 0 Å². The highest BCUT2D eigenvalue weighted by Gasteiger charge is 2.16. The highest BCUT2D eigenvalue weighted by atomic mass is 16.5. The molecular formula is C17H30N2O. The first kappa shape index (κ1) is 17.0. The third-order valence-electron chi connectivity index (χ3n) is 3.90. The zero-order valence-corrected chi connectivity index (χ0v) is 13.6. The average molecular weight is 278 g/mol. The van der Waals surface area contributed by atoms with Crippen molar-refractivity contribution in [2.24, 2.45) is 0 Å². The van der Waals surface area contributed by atoms with Crippen LogP contribution in [0.2, 0.25) is 0 Å². The van der Waals surface area contributed by atoms with Gasteiger partial charge in [-0.05, 0) is 44.6 Å². The molecule has 0 bridgehead atoms. The zero-order chi connectivity index (χ0) is 15.0. The molecule has 0 heterocycles. The van der Waals surface area contributed by atoms with Crippen molar-refractivity contribution >= 4 is 0 Å². The Morgan fingerprint density at radius 2 is 1.85 bits per heavy atom. The van der Waals surface area contributed by atoms with E-state index in [-0.39, 0.29) is 0 Å². The van der Waals surface area contributed by atoms with Gasteiger partial charge in [0, 0.05) is 18.6 Å². The highest BCUT2D eigenvalue weighted by Crippen LogP contribution is 2.19. The third-order valence-corrected chi connectivity index (χ3v) is 3.90. The van der Waals surface area contributed by atoms with E-state index in [0.29, 0.717) is 12.1 Å². The van der Waals surface area contributed by atoms with Crippen LogP contribution < -0.4 is 10.1 Å². The normalized spacial score (nSPS) is 14.3. The molecule has 2 unspecified atom stereocenters. The first-order chi connectivity index (χ1) is 9.62. The Hall–Kier alpha value is -1.06. The summed E-state index contributed by atoms with van der Waals surface area (Å²) in [5.74, 6) is 0.914. The molecule has 0 aliphatic rings. The summed E-state index contributed by atoms with van der Waals surface area (Å²) in [6, 6.07) is 9.38. The molecule has 0 spiro atoms. The van der Waals surface area contributed by atoms with Crippen LogP contribution in [0.1, 0.15) is 45.2 Å². The van der Waals surface area contributed by atoms with E-state index in [9.17, 15) is 0 Å². The molecule has 0 saturated carbocycles. The van der Waals surface area contributed by atoms with Crippen LogP contribution in [0.25, 0.3) is 0 Å². The van der Waals surface area contributed by atoms with Gasteiger partial charge in [-0.15, -0.1) is 0 Å². The maximum Gasteiger partial charge on any atom is 0.118 e. The second kappa shape index (κ2) is 8.98. The maximum absolute atomic E-state index is 5.23. The molecule has 0 aliphatic carbocycles. The summed E-state index contributed by atoms with van der Waals surface area (Å²) < 4.78 is 5.23. The summed E-state index contributed by atoms with van der Waals surface area (Å²) in [7, 11) is 3.92. The Balaban J connectivity index is 2.71. The van der Waals surface area contributed by atoms with E-state index in [1.165, 1.54) is 18.4 Å². The second-order valence-electron chi connectivity index (χ2n) is 5.46. The van der Waals surface area contributed by atoms with Crippen molar-refractivity contribution in [2.45, 2.75) is 45.7 Å². The van der Waals surface area contributed by atoms with Gasteiger partial charge in [-0.3, -0.25) is 0 Å². The van der Waals surface area contributed by atoms with Gasteiger partial charge in [-0.25, -0.2) is 0 Å². The van der Waals surface area contributed by atoms with E-state index >= 15 is 0 Å². The van der Waals surface area contributed by atoms with Crippen LogP contribution in [0.15, 0.2) is 24.3 Å². The topological polar surface area (TPSA) is 24.5 Å². The number of rotatable bonds is 9. The van der Waals surface area contributed by atoms with Crippen molar-refractivity contribution in [3.63, 3.8) is 0 Å². The Labute approximate surface area is 124 Å². The van der Waals surface area contributed by atoms with Crippen molar-refractivity contribution < 1.29 is 4.74 Å². The molecular weight excluding hydrogens is 248 g/mol. The summed E-state index contributed by atoms with van der Waals surface area (Å²) in [5, 5.41) is 3.58. The minimum atomic E-state index is 0.371. The van der Waals surface area contributed by atoms with E-state index in [4.69, 9.17) is 4.74 Å². The first-order valence-electron chi connectivity index (χ1n) is 7.69. The van der Waals surface area contributed by atoms with Gasteiger partial charge in [0.1, 0.15) is 5.75 Å². The Bertz CT molecular complexity index is 364. The van der Waals surface area contributed by atoms with Crippen LogP contribution in [0.3, 0.4) is 0 Å². The van der Waals surface area contributed by atoms with Crippen molar-refractivity contribution in [2.75, 3.05) is 27.2 Å². The summed E-state index contributed by atoms with van der Waals surface area (Å²) in [6.45, 7) is 8.72. The Kier molecular flexibility index (Phi) is 7.63. The number of hydrogen-bond acceptors (Lipinski definition) is 3. The number of methoxy groups -OCH3 is 1. The van der Waals surface area contributed by atoms with Gasteiger partial charge in [0.05, 0.1) is 7.11 Å². The predicted octanol–water partition coefficient (Wildman–Crippen LogP) is 3.47. The predicted molar refractivity (Wildman–Crippen MR) is 86.4 cm³/mol. The number of benzene rings is 1.